The van der Waals surface area contributed by atoms with E-state index in [2.05, 4.69) is 4.98 Å². The minimum absolute atomic E-state index is 0.251. The Labute approximate surface area is 105 Å². The monoisotopic (exact) mass is 249 g/mol. The molecular formula is C13H15NO2S. The van der Waals surface area contributed by atoms with Crippen molar-refractivity contribution in [3.8, 4) is 11.5 Å². The number of rotatable bonds is 6. The van der Waals surface area contributed by atoms with Gasteiger partial charge in [0.1, 0.15) is 6.26 Å². The summed E-state index contributed by atoms with van der Waals surface area (Å²) in [5.41, 5.74) is 1.95. The molecule has 0 saturated carbocycles. The topological polar surface area (TPSA) is 46.3 Å². The van der Waals surface area contributed by atoms with Gasteiger partial charge in [-0.15, -0.1) is 0 Å². The van der Waals surface area contributed by atoms with Crippen molar-refractivity contribution in [2.45, 2.75) is 12.2 Å². The molecular weight excluding hydrogens is 234 g/mol. The predicted molar refractivity (Wildman–Crippen MR) is 69.8 cm³/mol. The third-order valence-corrected chi connectivity index (χ3v) is 3.35. The van der Waals surface area contributed by atoms with Crippen LogP contribution >= 0.6 is 11.8 Å². The summed E-state index contributed by atoms with van der Waals surface area (Å²) in [6.07, 6.45) is 2.53. The second-order valence-electron chi connectivity index (χ2n) is 3.64. The Kier molecular flexibility index (Phi) is 4.64. The van der Waals surface area contributed by atoms with Gasteiger partial charge in [0.05, 0.1) is 5.69 Å². The predicted octanol–water partition coefficient (Wildman–Crippen LogP) is 2.96. The van der Waals surface area contributed by atoms with Crippen LogP contribution in [-0.4, -0.2) is 22.5 Å². The highest BCUT2D eigenvalue weighted by Gasteiger charge is 2.05. The van der Waals surface area contributed by atoms with Gasteiger partial charge in [-0.2, -0.15) is 11.8 Å². The molecule has 4 heteroatoms. The summed E-state index contributed by atoms with van der Waals surface area (Å²) in [6, 6.07) is 9.87. The average Bonchev–Trinajstić information content (AvgIpc) is 2.85. The number of nitrogens with zero attached hydrogens (tertiary/aromatic N) is 1. The first-order chi connectivity index (χ1) is 8.40. The maximum Gasteiger partial charge on any atom is 0.226 e. The fraction of sp³-hybridized carbons (Fsp3) is 0.308. The molecule has 0 radical (unpaired) electrons. The fourth-order valence-electron chi connectivity index (χ4n) is 1.43. The van der Waals surface area contributed by atoms with Crippen LogP contribution in [0.15, 0.2) is 41.0 Å². The van der Waals surface area contributed by atoms with E-state index in [1.165, 1.54) is 0 Å². The summed E-state index contributed by atoms with van der Waals surface area (Å²) < 4.78 is 5.43. The van der Waals surface area contributed by atoms with Crippen molar-refractivity contribution in [2.24, 2.45) is 0 Å². The third kappa shape index (κ3) is 3.61. The highest BCUT2D eigenvalue weighted by Crippen LogP contribution is 2.20. The van der Waals surface area contributed by atoms with Crippen LogP contribution in [0, 0.1) is 0 Å². The highest BCUT2D eigenvalue weighted by molar-refractivity contribution is 7.98. The number of benzene rings is 1. The van der Waals surface area contributed by atoms with E-state index < -0.39 is 0 Å². The number of aliphatic hydroxyl groups is 1. The van der Waals surface area contributed by atoms with Crippen molar-refractivity contribution < 1.29 is 9.52 Å². The summed E-state index contributed by atoms with van der Waals surface area (Å²) >= 11 is 1.76. The first-order valence-electron chi connectivity index (χ1n) is 5.58. The minimum atomic E-state index is 0.251. The van der Waals surface area contributed by atoms with Crippen LogP contribution in [-0.2, 0) is 5.75 Å². The molecule has 0 spiro atoms. The fourth-order valence-corrected chi connectivity index (χ4v) is 2.25. The zero-order valence-electron chi connectivity index (χ0n) is 9.50. The summed E-state index contributed by atoms with van der Waals surface area (Å²) in [5.74, 6) is 2.45. The molecule has 0 atom stereocenters. The molecule has 1 N–H and O–H groups in total. The first kappa shape index (κ1) is 12.2. The molecule has 2 aromatic rings. The summed E-state index contributed by atoms with van der Waals surface area (Å²) in [4.78, 5) is 4.43. The van der Waals surface area contributed by atoms with Crippen molar-refractivity contribution in [3.05, 3.63) is 42.3 Å². The van der Waals surface area contributed by atoms with Crippen LogP contribution < -0.4 is 0 Å². The molecule has 1 heterocycles. The lowest BCUT2D eigenvalue weighted by Gasteiger charge is -1.95. The Morgan fingerprint density at radius 2 is 2.06 bits per heavy atom. The number of hydrogen-bond donors (Lipinski definition) is 1. The Morgan fingerprint density at radius 3 is 2.82 bits per heavy atom. The molecule has 0 fully saturated rings. The Balaban J connectivity index is 1.92. The van der Waals surface area contributed by atoms with E-state index in [-0.39, 0.29) is 6.61 Å². The van der Waals surface area contributed by atoms with E-state index in [4.69, 9.17) is 9.52 Å². The number of thioether (sulfide) groups is 1. The number of hydrogen-bond acceptors (Lipinski definition) is 4. The largest absolute Gasteiger partial charge is 0.444 e. The molecule has 2 rings (SSSR count). The zero-order chi connectivity index (χ0) is 11.9. The SMILES string of the molecule is OCCCSCc1coc(-c2ccccc2)n1. The van der Waals surface area contributed by atoms with Crippen LogP contribution in [0.4, 0.5) is 0 Å². The van der Waals surface area contributed by atoms with Crippen molar-refractivity contribution in [3.63, 3.8) is 0 Å². The van der Waals surface area contributed by atoms with Crippen LogP contribution in [0.1, 0.15) is 12.1 Å². The van der Waals surface area contributed by atoms with Gasteiger partial charge in [0.15, 0.2) is 0 Å². The molecule has 1 aromatic heterocycles. The highest BCUT2D eigenvalue weighted by atomic mass is 32.2. The molecule has 0 unspecified atom stereocenters. The molecule has 90 valence electrons. The molecule has 0 aliphatic heterocycles. The molecule has 3 nitrogen and oxygen atoms in total. The molecule has 0 aliphatic carbocycles. The Hall–Kier alpha value is -1.26. The summed E-state index contributed by atoms with van der Waals surface area (Å²) in [5, 5.41) is 8.67. The van der Waals surface area contributed by atoms with Crippen LogP contribution in [0.5, 0.6) is 0 Å². The van der Waals surface area contributed by atoms with Gasteiger partial charge in [-0.3, -0.25) is 0 Å². The van der Waals surface area contributed by atoms with Gasteiger partial charge in [0.2, 0.25) is 5.89 Å². The smallest absolute Gasteiger partial charge is 0.226 e. The van der Waals surface area contributed by atoms with Gasteiger partial charge in [-0.05, 0) is 24.3 Å². The van der Waals surface area contributed by atoms with E-state index in [0.717, 1.165) is 29.2 Å². The van der Waals surface area contributed by atoms with Crippen molar-refractivity contribution in [1.82, 2.24) is 4.98 Å². The van der Waals surface area contributed by atoms with E-state index in [1.54, 1.807) is 18.0 Å². The first-order valence-corrected chi connectivity index (χ1v) is 6.74. The normalized spacial score (nSPS) is 10.6. The molecule has 17 heavy (non-hydrogen) atoms. The van der Waals surface area contributed by atoms with Crippen LogP contribution in [0.25, 0.3) is 11.5 Å². The lowest BCUT2D eigenvalue weighted by molar-refractivity contribution is 0.296. The zero-order valence-corrected chi connectivity index (χ0v) is 10.3. The van der Waals surface area contributed by atoms with Crippen LogP contribution in [0.2, 0.25) is 0 Å². The standard InChI is InChI=1S/C13H15NO2S/c15-7-4-8-17-10-12-9-16-13(14-12)11-5-2-1-3-6-11/h1-3,5-6,9,15H,4,7-8,10H2. The van der Waals surface area contributed by atoms with Crippen molar-refractivity contribution >= 4 is 11.8 Å². The van der Waals surface area contributed by atoms with E-state index in [9.17, 15) is 0 Å². The summed E-state index contributed by atoms with van der Waals surface area (Å²) in [6.45, 7) is 0.251. The van der Waals surface area contributed by atoms with Gasteiger partial charge >= 0.3 is 0 Å². The molecule has 1 aromatic carbocycles. The molecule has 0 bridgehead atoms. The van der Waals surface area contributed by atoms with E-state index in [0.29, 0.717) is 5.89 Å². The maximum absolute atomic E-state index is 8.67. The molecule has 0 amide bonds. The quantitative estimate of drug-likeness (QED) is 0.799. The Morgan fingerprint density at radius 1 is 1.24 bits per heavy atom. The van der Waals surface area contributed by atoms with Gasteiger partial charge in [-0.1, -0.05) is 18.2 Å². The number of aromatic nitrogens is 1. The van der Waals surface area contributed by atoms with Crippen molar-refractivity contribution in [2.75, 3.05) is 12.4 Å². The second-order valence-corrected chi connectivity index (χ2v) is 4.74. The van der Waals surface area contributed by atoms with Gasteiger partial charge in [-0.25, -0.2) is 4.98 Å². The second kappa shape index (κ2) is 6.47. The maximum atomic E-state index is 8.67. The van der Waals surface area contributed by atoms with Crippen LogP contribution in [0.3, 0.4) is 0 Å². The van der Waals surface area contributed by atoms with Gasteiger partial charge in [0, 0.05) is 17.9 Å². The van der Waals surface area contributed by atoms with E-state index in [1.807, 2.05) is 30.3 Å². The lowest BCUT2D eigenvalue weighted by atomic mass is 10.2. The minimum Gasteiger partial charge on any atom is -0.444 e. The number of oxazole rings is 1. The van der Waals surface area contributed by atoms with Gasteiger partial charge in [0.25, 0.3) is 0 Å². The molecule has 0 saturated heterocycles. The van der Waals surface area contributed by atoms with Crippen molar-refractivity contribution in [1.29, 1.82) is 0 Å². The number of aliphatic hydroxyl groups excluding tert-OH is 1. The van der Waals surface area contributed by atoms with Gasteiger partial charge < -0.3 is 9.52 Å². The third-order valence-electron chi connectivity index (χ3n) is 2.27. The summed E-state index contributed by atoms with van der Waals surface area (Å²) in [7, 11) is 0. The van der Waals surface area contributed by atoms with E-state index >= 15 is 0 Å². The average molecular weight is 249 g/mol. The lowest BCUT2D eigenvalue weighted by Crippen LogP contribution is -1.87. The molecule has 0 aliphatic rings. The Bertz CT molecular complexity index is 442.